The normalized spacial score (nSPS) is 31.9. The summed E-state index contributed by atoms with van der Waals surface area (Å²) in [6, 6.07) is -0.577. The minimum atomic E-state index is -0.440. The quantitative estimate of drug-likeness (QED) is 0.604. The first kappa shape index (κ1) is 18.0. The summed E-state index contributed by atoms with van der Waals surface area (Å²) >= 11 is 1.79. The number of carbonyl (C=O) groups is 2. The molecule has 7 nitrogen and oxygen atoms in total. The fourth-order valence-electron chi connectivity index (χ4n) is 3.58. The summed E-state index contributed by atoms with van der Waals surface area (Å²) in [6.45, 7) is 8.59. The Kier molecular flexibility index (Phi) is 5.39. The van der Waals surface area contributed by atoms with Crippen LogP contribution in [0.4, 0.5) is 0 Å². The van der Waals surface area contributed by atoms with E-state index in [-0.39, 0.29) is 28.6 Å². The predicted octanol–water partition coefficient (Wildman–Crippen LogP) is -0.965. The number of thioether (sulfide) groups is 1. The molecule has 3 atom stereocenters. The number of nitrogens with zero attached hydrogens (tertiary/aromatic N) is 2. The summed E-state index contributed by atoms with van der Waals surface area (Å²) in [7, 11) is 0. The molecule has 0 bridgehead atoms. The number of nitrogens with one attached hydrogen (secondary N) is 2. The number of hydrogen-bond donors (Lipinski definition) is 3. The predicted molar refractivity (Wildman–Crippen MR) is 95.6 cm³/mol. The van der Waals surface area contributed by atoms with Crippen molar-refractivity contribution in [2.45, 2.75) is 37.2 Å². The van der Waals surface area contributed by atoms with E-state index in [0.717, 1.165) is 38.4 Å². The molecule has 3 fully saturated rings. The van der Waals surface area contributed by atoms with Crippen LogP contribution in [-0.4, -0.2) is 83.6 Å². The van der Waals surface area contributed by atoms with Crippen LogP contribution in [0.15, 0.2) is 0 Å². The van der Waals surface area contributed by atoms with Crippen LogP contribution in [0.2, 0.25) is 0 Å². The van der Waals surface area contributed by atoms with Crippen LogP contribution >= 0.6 is 11.8 Å². The average molecular weight is 356 g/mol. The molecule has 0 aromatic rings. The van der Waals surface area contributed by atoms with Gasteiger partial charge in [0.2, 0.25) is 11.8 Å². The Morgan fingerprint density at radius 1 is 1.21 bits per heavy atom. The van der Waals surface area contributed by atoms with E-state index in [4.69, 9.17) is 5.73 Å². The van der Waals surface area contributed by atoms with Gasteiger partial charge < -0.3 is 20.9 Å². The van der Waals surface area contributed by atoms with Gasteiger partial charge in [-0.25, -0.2) is 0 Å². The van der Waals surface area contributed by atoms with E-state index in [1.165, 1.54) is 0 Å². The largest absolute Gasteiger partial charge is 0.339 e. The summed E-state index contributed by atoms with van der Waals surface area (Å²) in [5.41, 5.74) is 6.01. The molecule has 0 aromatic carbocycles. The van der Waals surface area contributed by atoms with Crippen molar-refractivity contribution in [2.24, 2.45) is 11.7 Å². The molecule has 3 aliphatic heterocycles. The van der Waals surface area contributed by atoms with E-state index in [1.807, 2.05) is 23.6 Å². The van der Waals surface area contributed by atoms with E-state index in [0.29, 0.717) is 13.1 Å². The standard InChI is InChI=1S/C16H29N5O2S/c1-11(2)13(17)15(23)21-6-3-16(10-21)19-12(9-24-16)14(22)20-7-4-18-5-8-20/h11-13,18-19H,3-10,17H2,1-2H3/t12-,13-,16?/m0/s1. The summed E-state index contributed by atoms with van der Waals surface area (Å²) in [4.78, 5) is 28.8. The highest BCUT2D eigenvalue weighted by molar-refractivity contribution is 8.01. The smallest absolute Gasteiger partial charge is 0.240 e. The minimum Gasteiger partial charge on any atom is -0.339 e. The fraction of sp³-hybridized carbons (Fsp3) is 0.875. The molecule has 3 aliphatic rings. The van der Waals surface area contributed by atoms with Gasteiger partial charge in [0.1, 0.15) is 0 Å². The molecule has 1 unspecified atom stereocenters. The van der Waals surface area contributed by atoms with Crippen LogP contribution in [0, 0.1) is 5.92 Å². The van der Waals surface area contributed by atoms with E-state index in [1.54, 1.807) is 11.8 Å². The first-order valence-electron chi connectivity index (χ1n) is 8.87. The second-order valence-electron chi connectivity index (χ2n) is 7.36. The number of amides is 2. The zero-order valence-corrected chi connectivity index (χ0v) is 15.4. The lowest BCUT2D eigenvalue weighted by Gasteiger charge is -2.31. The van der Waals surface area contributed by atoms with Gasteiger partial charge in [-0.15, -0.1) is 11.8 Å². The van der Waals surface area contributed by atoms with Crippen molar-refractivity contribution in [3.63, 3.8) is 0 Å². The van der Waals surface area contributed by atoms with Crippen molar-refractivity contribution in [3.05, 3.63) is 0 Å². The van der Waals surface area contributed by atoms with E-state index in [9.17, 15) is 9.59 Å². The van der Waals surface area contributed by atoms with Crippen LogP contribution in [-0.2, 0) is 9.59 Å². The monoisotopic (exact) mass is 355 g/mol. The molecule has 3 heterocycles. The van der Waals surface area contributed by atoms with Gasteiger partial charge in [-0.2, -0.15) is 0 Å². The summed E-state index contributed by atoms with van der Waals surface area (Å²) in [6.07, 6.45) is 0.875. The minimum absolute atomic E-state index is 0.0288. The molecule has 3 saturated heterocycles. The molecule has 2 amide bonds. The molecule has 8 heteroatoms. The lowest BCUT2D eigenvalue weighted by atomic mass is 10.0. The Morgan fingerprint density at radius 2 is 1.92 bits per heavy atom. The average Bonchev–Trinajstić information content (AvgIpc) is 3.21. The van der Waals surface area contributed by atoms with E-state index < -0.39 is 6.04 Å². The van der Waals surface area contributed by atoms with Crippen LogP contribution in [0.25, 0.3) is 0 Å². The topological polar surface area (TPSA) is 90.7 Å². The van der Waals surface area contributed by atoms with Crippen LogP contribution in [0.5, 0.6) is 0 Å². The van der Waals surface area contributed by atoms with Crippen molar-refractivity contribution < 1.29 is 9.59 Å². The van der Waals surface area contributed by atoms with Crippen LogP contribution in [0.3, 0.4) is 0 Å². The zero-order valence-electron chi connectivity index (χ0n) is 14.6. The Bertz CT molecular complexity index is 497. The zero-order chi connectivity index (χ0) is 17.3. The Balaban J connectivity index is 1.57. The summed E-state index contributed by atoms with van der Waals surface area (Å²) in [5, 5.41) is 6.80. The Morgan fingerprint density at radius 3 is 2.58 bits per heavy atom. The highest BCUT2D eigenvalue weighted by Crippen LogP contribution is 2.39. The van der Waals surface area contributed by atoms with Gasteiger partial charge in [0.15, 0.2) is 0 Å². The van der Waals surface area contributed by atoms with Crippen LogP contribution in [0.1, 0.15) is 20.3 Å². The number of nitrogens with two attached hydrogens (primary N) is 1. The number of rotatable bonds is 3. The first-order chi connectivity index (χ1) is 11.4. The molecule has 0 radical (unpaired) electrons. The van der Waals surface area contributed by atoms with Gasteiger partial charge >= 0.3 is 0 Å². The second-order valence-corrected chi connectivity index (χ2v) is 8.76. The van der Waals surface area contributed by atoms with Crippen LogP contribution < -0.4 is 16.4 Å². The van der Waals surface area contributed by atoms with Crippen molar-refractivity contribution in [1.29, 1.82) is 0 Å². The third-order valence-corrected chi connectivity index (χ3v) is 6.74. The van der Waals surface area contributed by atoms with Gasteiger partial charge in [-0.3, -0.25) is 14.9 Å². The molecule has 136 valence electrons. The number of carbonyl (C=O) groups excluding carboxylic acids is 2. The molecule has 0 saturated carbocycles. The van der Waals surface area contributed by atoms with Gasteiger partial charge in [-0.1, -0.05) is 13.8 Å². The van der Waals surface area contributed by atoms with E-state index in [2.05, 4.69) is 10.6 Å². The van der Waals surface area contributed by atoms with Crippen molar-refractivity contribution in [2.75, 3.05) is 45.0 Å². The highest BCUT2D eigenvalue weighted by Gasteiger charge is 2.48. The van der Waals surface area contributed by atoms with Gasteiger partial charge in [0, 0.05) is 45.0 Å². The maximum Gasteiger partial charge on any atom is 0.240 e. The molecule has 1 spiro atoms. The summed E-state index contributed by atoms with van der Waals surface area (Å²) in [5.74, 6) is 1.15. The lowest BCUT2D eigenvalue weighted by molar-refractivity contribution is -0.133. The summed E-state index contributed by atoms with van der Waals surface area (Å²) < 4.78 is 0. The Labute approximate surface area is 148 Å². The van der Waals surface area contributed by atoms with Crippen molar-refractivity contribution >= 4 is 23.6 Å². The molecule has 24 heavy (non-hydrogen) atoms. The lowest BCUT2D eigenvalue weighted by Crippen LogP contribution is -2.55. The van der Waals surface area contributed by atoms with Gasteiger partial charge in [0.05, 0.1) is 17.0 Å². The third kappa shape index (κ3) is 3.56. The molecular formula is C16H29N5O2S. The number of hydrogen-bond acceptors (Lipinski definition) is 6. The maximum absolute atomic E-state index is 12.7. The van der Waals surface area contributed by atoms with Gasteiger partial charge in [0.25, 0.3) is 0 Å². The SMILES string of the molecule is CC(C)[C@H](N)C(=O)N1CCC2(C1)N[C@H](C(=O)N1CCNCC1)CS2. The molecule has 0 aromatic heterocycles. The fourth-order valence-corrected chi connectivity index (χ4v) is 5.00. The van der Waals surface area contributed by atoms with E-state index >= 15 is 0 Å². The molecular weight excluding hydrogens is 326 g/mol. The van der Waals surface area contributed by atoms with Gasteiger partial charge in [-0.05, 0) is 12.3 Å². The molecule has 3 rings (SSSR count). The second kappa shape index (κ2) is 7.19. The first-order valence-corrected chi connectivity index (χ1v) is 9.86. The van der Waals surface area contributed by atoms with Crippen molar-refractivity contribution in [3.8, 4) is 0 Å². The van der Waals surface area contributed by atoms with Crippen molar-refractivity contribution in [1.82, 2.24) is 20.4 Å². The molecule has 0 aliphatic carbocycles. The highest BCUT2D eigenvalue weighted by atomic mass is 32.2. The third-order valence-electron chi connectivity index (χ3n) is 5.24. The number of likely N-dealkylation sites (tertiary alicyclic amines) is 1. The maximum atomic E-state index is 12.7. The molecule has 4 N–H and O–H groups in total. The number of piperazine rings is 1. The Hall–Kier alpha value is -0.830.